The molecule has 1 saturated carbocycles. The van der Waals surface area contributed by atoms with Gasteiger partial charge in [0.2, 0.25) is 5.91 Å². The Morgan fingerprint density at radius 2 is 2.00 bits per heavy atom. The first-order chi connectivity index (χ1) is 12.0. The van der Waals surface area contributed by atoms with Gasteiger partial charge in [-0.15, -0.1) is 0 Å². The molecule has 2 aromatic rings. The van der Waals surface area contributed by atoms with Gasteiger partial charge >= 0.3 is 6.03 Å². The summed E-state index contributed by atoms with van der Waals surface area (Å²) in [6.07, 6.45) is 2.45. The van der Waals surface area contributed by atoms with E-state index >= 15 is 0 Å². The Kier molecular flexibility index (Phi) is 5.02. The van der Waals surface area contributed by atoms with E-state index in [1.165, 1.54) is 0 Å². The van der Waals surface area contributed by atoms with Crippen LogP contribution in [0.3, 0.4) is 0 Å². The van der Waals surface area contributed by atoms with Crippen LogP contribution < -0.4 is 16.0 Å². The first-order valence-electron chi connectivity index (χ1n) is 8.44. The summed E-state index contributed by atoms with van der Waals surface area (Å²) in [7, 11) is 1.75. The van der Waals surface area contributed by atoms with Crippen LogP contribution in [0.25, 0.3) is 0 Å². The molecule has 1 fully saturated rings. The fourth-order valence-corrected chi connectivity index (χ4v) is 2.63. The molecule has 25 heavy (non-hydrogen) atoms. The molecular weight excluding hydrogens is 318 g/mol. The highest BCUT2D eigenvalue weighted by molar-refractivity contribution is 5.93. The van der Waals surface area contributed by atoms with Crippen molar-refractivity contribution in [3.8, 4) is 0 Å². The average molecular weight is 341 g/mol. The second kappa shape index (κ2) is 7.38. The van der Waals surface area contributed by atoms with Gasteiger partial charge in [-0.25, -0.2) is 4.79 Å². The summed E-state index contributed by atoms with van der Waals surface area (Å²) < 4.78 is 1.59. The maximum absolute atomic E-state index is 12.5. The monoisotopic (exact) mass is 341 g/mol. The highest BCUT2D eigenvalue weighted by Crippen LogP contribution is 2.19. The van der Waals surface area contributed by atoms with Crippen molar-refractivity contribution in [1.29, 1.82) is 0 Å². The topological polar surface area (TPSA) is 88.0 Å². The van der Waals surface area contributed by atoms with Gasteiger partial charge in [0.1, 0.15) is 11.9 Å². The van der Waals surface area contributed by atoms with Crippen LogP contribution in [0.1, 0.15) is 24.1 Å². The number of carbonyl (C=O) groups is 2. The number of hydrogen-bond acceptors (Lipinski definition) is 3. The summed E-state index contributed by atoms with van der Waals surface area (Å²) in [5, 5.41) is 12.7. The van der Waals surface area contributed by atoms with E-state index in [9.17, 15) is 9.59 Å². The quantitative estimate of drug-likeness (QED) is 0.748. The highest BCUT2D eigenvalue weighted by atomic mass is 16.2. The molecule has 0 unspecified atom stereocenters. The van der Waals surface area contributed by atoms with Crippen molar-refractivity contribution >= 4 is 17.8 Å². The van der Waals surface area contributed by atoms with Gasteiger partial charge in [-0.1, -0.05) is 30.3 Å². The summed E-state index contributed by atoms with van der Waals surface area (Å²) in [6.45, 7) is 1.85. The van der Waals surface area contributed by atoms with Crippen molar-refractivity contribution in [2.45, 2.75) is 38.3 Å². The Morgan fingerprint density at radius 1 is 1.28 bits per heavy atom. The molecular formula is C18H23N5O2. The number of hydrogen-bond donors (Lipinski definition) is 3. The number of urea groups is 1. The Hall–Kier alpha value is -2.83. The fraction of sp³-hybridized carbons (Fsp3) is 0.389. The van der Waals surface area contributed by atoms with Crippen LogP contribution in [0.5, 0.6) is 0 Å². The van der Waals surface area contributed by atoms with Crippen LogP contribution in [0.2, 0.25) is 0 Å². The van der Waals surface area contributed by atoms with Crippen LogP contribution in [0.15, 0.2) is 36.4 Å². The second-order valence-electron chi connectivity index (χ2n) is 6.42. The molecule has 0 spiro atoms. The molecule has 1 atom stereocenters. The Bertz CT molecular complexity index is 752. The Morgan fingerprint density at radius 3 is 2.60 bits per heavy atom. The third-order valence-electron chi connectivity index (χ3n) is 4.07. The second-order valence-corrected chi connectivity index (χ2v) is 6.42. The van der Waals surface area contributed by atoms with Gasteiger partial charge in [0.15, 0.2) is 0 Å². The van der Waals surface area contributed by atoms with Crippen molar-refractivity contribution in [2.24, 2.45) is 7.05 Å². The van der Waals surface area contributed by atoms with Gasteiger partial charge in [0.25, 0.3) is 0 Å². The SMILES string of the molecule is Cc1cc(NC(=O)N[C@H](Cc2ccccc2)C(=O)NC2CC2)n(C)n1. The van der Waals surface area contributed by atoms with Crippen molar-refractivity contribution in [3.05, 3.63) is 47.7 Å². The van der Waals surface area contributed by atoms with E-state index in [1.807, 2.05) is 37.3 Å². The van der Waals surface area contributed by atoms with Gasteiger partial charge in [-0.05, 0) is 25.3 Å². The molecule has 132 valence electrons. The molecule has 7 nitrogen and oxygen atoms in total. The zero-order valence-corrected chi connectivity index (χ0v) is 14.5. The lowest BCUT2D eigenvalue weighted by Gasteiger charge is -2.19. The maximum Gasteiger partial charge on any atom is 0.321 e. The number of carbonyl (C=O) groups excluding carboxylic acids is 2. The normalized spacial score (nSPS) is 14.6. The number of benzene rings is 1. The molecule has 0 aliphatic heterocycles. The number of anilines is 1. The smallest absolute Gasteiger partial charge is 0.321 e. The minimum Gasteiger partial charge on any atom is -0.352 e. The standard InChI is InChI=1S/C18H23N5O2/c1-12-10-16(23(2)22-12)21-18(25)20-15(17(24)19-14-8-9-14)11-13-6-4-3-5-7-13/h3-7,10,14-15H,8-9,11H2,1-2H3,(H,19,24)(H2,20,21,25)/t15-/m1/s1. The molecule has 1 aliphatic carbocycles. The van der Waals surface area contributed by atoms with E-state index in [0.29, 0.717) is 12.2 Å². The lowest BCUT2D eigenvalue weighted by Crippen LogP contribution is -2.50. The summed E-state index contributed by atoms with van der Waals surface area (Å²) in [5.74, 6) is 0.429. The minimum absolute atomic E-state index is 0.150. The maximum atomic E-state index is 12.5. The Balaban J connectivity index is 1.66. The van der Waals surface area contributed by atoms with Crippen molar-refractivity contribution < 1.29 is 9.59 Å². The fourth-order valence-electron chi connectivity index (χ4n) is 2.63. The van der Waals surface area contributed by atoms with Crippen molar-refractivity contribution in [1.82, 2.24) is 20.4 Å². The third kappa shape index (κ3) is 4.82. The van der Waals surface area contributed by atoms with E-state index in [1.54, 1.807) is 17.8 Å². The summed E-state index contributed by atoms with van der Waals surface area (Å²) in [6, 6.07) is 10.6. The minimum atomic E-state index is -0.627. The number of amides is 3. The molecule has 3 rings (SSSR count). The van der Waals surface area contributed by atoms with Gasteiger partial charge < -0.3 is 10.6 Å². The van der Waals surface area contributed by atoms with Crippen LogP contribution in [0.4, 0.5) is 10.6 Å². The lowest BCUT2D eigenvalue weighted by molar-refractivity contribution is -0.123. The average Bonchev–Trinajstić information content (AvgIpc) is 3.32. The van der Waals surface area contributed by atoms with Crippen molar-refractivity contribution in [2.75, 3.05) is 5.32 Å². The van der Waals surface area contributed by atoms with E-state index in [4.69, 9.17) is 0 Å². The van der Waals surface area contributed by atoms with Crippen LogP contribution in [0, 0.1) is 6.92 Å². The first kappa shape index (κ1) is 17.0. The molecule has 1 aliphatic rings. The highest BCUT2D eigenvalue weighted by Gasteiger charge is 2.28. The molecule has 0 bridgehead atoms. The zero-order chi connectivity index (χ0) is 17.8. The van der Waals surface area contributed by atoms with Gasteiger partial charge in [0.05, 0.1) is 5.69 Å². The van der Waals surface area contributed by atoms with E-state index in [2.05, 4.69) is 21.0 Å². The predicted molar refractivity (Wildman–Crippen MR) is 95.2 cm³/mol. The molecule has 3 amide bonds. The zero-order valence-electron chi connectivity index (χ0n) is 14.5. The summed E-state index contributed by atoms with van der Waals surface area (Å²) >= 11 is 0. The van der Waals surface area contributed by atoms with Gasteiger partial charge in [-0.3, -0.25) is 14.8 Å². The summed E-state index contributed by atoms with van der Waals surface area (Å²) in [5.41, 5.74) is 1.81. The van der Waals surface area contributed by atoms with Gasteiger partial charge in [-0.2, -0.15) is 5.10 Å². The molecule has 0 saturated heterocycles. The van der Waals surface area contributed by atoms with Gasteiger partial charge in [0, 0.05) is 25.6 Å². The Labute approximate surface area is 146 Å². The third-order valence-corrected chi connectivity index (χ3v) is 4.07. The van der Waals surface area contributed by atoms with Crippen LogP contribution in [-0.4, -0.2) is 33.8 Å². The van der Waals surface area contributed by atoms with E-state index < -0.39 is 12.1 Å². The molecule has 1 heterocycles. The number of aromatic nitrogens is 2. The van der Waals surface area contributed by atoms with E-state index in [-0.39, 0.29) is 11.9 Å². The number of nitrogens with zero attached hydrogens (tertiary/aromatic N) is 2. The summed E-state index contributed by atoms with van der Waals surface area (Å²) in [4.78, 5) is 24.8. The number of rotatable bonds is 6. The molecule has 7 heteroatoms. The first-order valence-corrected chi connectivity index (χ1v) is 8.44. The molecule has 1 aromatic carbocycles. The lowest BCUT2D eigenvalue weighted by atomic mass is 10.1. The largest absolute Gasteiger partial charge is 0.352 e. The predicted octanol–water partition coefficient (Wildman–Crippen LogP) is 1.74. The van der Waals surface area contributed by atoms with Crippen molar-refractivity contribution in [3.63, 3.8) is 0 Å². The number of aryl methyl sites for hydroxylation is 2. The molecule has 0 radical (unpaired) electrons. The molecule has 1 aromatic heterocycles. The van der Waals surface area contributed by atoms with Crippen LogP contribution >= 0.6 is 0 Å². The number of nitrogens with one attached hydrogen (secondary N) is 3. The van der Waals surface area contributed by atoms with E-state index in [0.717, 1.165) is 24.1 Å². The molecule has 3 N–H and O–H groups in total. The van der Waals surface area contributed by atoms with Crippen LogP contribution in [-0.2, 0) is 18.3 Å².